The summed E-state index contributed by atoms with van der Waals surface area (Å²) in [5.74, 6) is 0. The maximum Gasteiger partial charge on any atom is 0.131 e. The van der Waals surface area contributed by atoms with Crippen molar-refractivity contribution in [3.05, 3.63) is 33.8 Å². The summed E-state index contributed by atoms with van der Waals surface area (Å²) < 4.78 is 0. The molecule has 0 aliphatic heterocycles. The van der Waals surface area contributed by atoms with Crippen molar-refractivity contribution in [3.63, 3.8) is 0 Å². The van der Waals surface area contributed by atoms with Gasteiger partial charge in [0.25, 0.3) is 0 Å². The molecule has 4 heteroatoms. The van der Waals surface area contributed by atoms with E-state index in [2.05, 4.69) is 0 Å². The third kappa shape index (κ3) is 1.86. The van der Waals surface area contributed by atoms with E-state index in [1.807, 2.05) is 0 Å². The lowest BCUT2D eigenvalue weighted by Gasteiger charge is -2.01. The summed E-state index contributed by atoms with van der Waals surface area (Å²) in [6.07, 6.45) is 0. The van der Waals surface area contributed by atoms with Crippen molar-refractivity contribution >= 4 is 40.0 Å². The van der Waals surface area contributed by atoms with E-state index in [1.54, 1.807) is 18.2 Å². The van der Waals surface area contributed by atoms with E-state index in [4.69, 9.17) is 40.2 Å². The summed E-state index contributed by atoms with van der Waals surface area (Å²) in [4.78, 5) is 0. The van der Waals surface area contributed by atoms with Gasteiger partial charge in [-0.1, -0.05) is 40.9 Å². The Morgan fingerprint density at radius 2 is 1.64 bits per heavy atom. The third-order valence-electron chi connectivity index (χ3n) is 1.18. The van der Waals surface area contributed by atoms with Crippen molar-refractivity contribution in [1.29, 1.82) is 5.41 Å². The fourth-order valence-corrected chi connectivity index (χ4v) is 1.59. The lowest BCUT2D eigenvalue weighted by atomic mass is 10.2. The highest BCUT2D eigenvalue weighted by atomic mass is 35.5. The van der Waals surface area contributed by atoms with Crippen LogP contribution in [0, 0.1) is 5.41 Å². The van der Waals surface area contributed by atoms with E-state index in [0.29, 0.717) is 15.6 Å². The lowest BCUT2D eigenvalue weighted by Crippen LogP contribution is -1.90. The van der Waals surface area contributed by atoms with Crippen LogP contribution in [0.2, 0.25) is 10.0 Å². The number of rotatable bonds is 1. The maximum absolute atomic E-state index is 7.11. The Balaban J connectivity index is 3.32. The average Bonchev–Trinajstić information content (AvgIpc) is 1.85. The van der Waals surface area contributed by atoms with Gasteiger partial charge in [0.1, 0.15) is 5.17 Å². The Kier molecular flexibility index (Phi) is 2.77. The molecule has 1 aromatic carbocycles. The van der Waals surface area contributed by atoms with Gasteiger partial charge >= 0.3 is 0 Å². The molecule has 0 aromatic heterocycles. The maximum atomic E-state index is 7.11. The number of hydrogen-bond donors (Lipinski definition) is 1. The first kappa shape index (κ1) is 8.85. The summed E-state index contributed by atoms with van der Waals surface area (Å²) in [6.45, 7) is 0. The highest BCUT2D eigenvalue weighted by molar-refractivity contribution is 6.70. The minimum absolute atomic E-state index is 0.138. The van der Waals surface area contributed by atoms with Gasteiger partial charge in [-0.2, -0.15) is 0 Å². The Labute approximate surface area is 79.4 Å². The van der Waals surface area contributed by atoms with Crippen LogP contribution in [-0.4, -0.2) is 5.17 Å². The largest absolute Gasteiger partial charge is 0.289 e. The Morgan fingerprint density at radius 1 is 1.18 bits per heavy atom. The van der Waals surface area contributed by atoms with Crippen LogP contribution < -0.4 is 0 Å². The van der Waals surface area contributed by atoms with Gasteiger partial charge in [0, 0.05) is 5.56 Å². The van der Waals surface area contributed by atoms with Gasteiger partial charge in [-0.05, 0) is 12.1 Å². The second kappa shape index (κ2) is 3.44. The normalized spacial score (nSPS) is 9.73. The Morgan fingerprint density at radius 3 is 1.91 bits per heavy atom. The number of halogens is 3. The van der Waals surface area contributed by atoms with Crippen LogP contribution in [0.15, 0.2) is 18.2 Å². The van der Waals surface area contributed by atoms with Crippen LogP contribution in [0.1, 0.15) is 5.56 Å². The first-order chi connectivity index (χ1) is 5.13. The summed E-state index contributed by atoms with van der Waals surface area (Å²) in [5, 5.41) is 7.78. The van der Waals surface area contributed by atoms with E-state index in [0.717, 1.165) is 0 Å². The van der Waals surface area contributed by atoms with Crippen LogP contribution >= 0.6 is 34.8 Å². The monoisotopic (exact) mass is 207 g/mol. The third-order valence-corrected chi connectivity index (χ3v) is 2.00. The molecule has 0 saturated carbocycles. The Hall–Kier alpha value is -0.240. The minimum atomic E-state index is -0.138. The SMILES string of the molecule is N=C(Cl)c1c(Cl)cccc1Cl. The molecule has 0 amide bonds. The van der Waals surface area contributed by atoms with Crippen LogP contribution in [0.3, 0.4) is 0 Å². The Bertz CT molecular complexity index is 275. The van der Waals surface area contributed by atoms with Crippen LogP contribution in [-0.2, 0) is 0 Å². The quantitative estimate of drug-likeness (QED) is 0.683. The van der Waals surface area contributed by atoms with Crippen molar-refractivity contribution in [3.8, 4) is 0 Å². The molecular formula is C7H4Cl3N. The van der Waals surface area contributed by atoms with E-state index < -0.39 is 0 Å². The van der Waals surface area contributed by atoms with E-state index in [-0.39, 0.29) is 5.17 Å². The molecule has 1 rings (SSSR count). The lowest BCUT2D eigenvalue weighted by molar-refractivity contribution is 1.52. The standard InChI is InChI=1S/C7H4Cl3N/c8-4-2-1-3-5(9)6(4)7(10)11/h1-3,11H. The summed E-state index contributed by atoms with van der Waals surface area (Å²) in [7, 11) is 0. The van der Waals surface area contributed by atoms with Gasteiger partial charge in [0.05, 0.1) is 10.0 Å². The molecule has 0 aliphatic carbocycles. The van der Waals surface area contributed by atoms with E-state index in [1.165, 1.54) is 0 Å². The van der Waals surface area contributed by atoms with Gasteiger partial charge < -0.3 is 0 Å². The molecule has 0 heterocycles. The van der Waals surface area contributed by atoms with Crippen molar-refractivity contribution in [1.82, 2.24) is 0 Å². The molecular weight excluding hydrogens is 204 g/mol. The van der Waals surface area contributed by atoms with Gasteiger partial charge in [0.15, 0.2) is 0 Å². The summed E-state index contributed by atoms with van der Waals surface area (Å²) in [5.41, 5.74) is 0.387. The highest BCUT2D eigenvalue weighted by Gasteiger charge is 2.07. The molecule has 58 valence electrons. The molecule has 0 radical (unpaired) electrons. The second-order valence-electron chi connectivity index (χ2n) is 1.91. The molecule has 0 aliphatic rings. The fourth-order valence-electron chi connectivity index (χ4n) is 0.708. The first-order valence-corrected chi connectivity index (χ1v) is 3.94. The molecule has 1 nitrogen and oxygen atoms in total. The van der Waals surface area contributed by atoms with Crippen molar-refractivity contribution in [2.45, 2.75) is 0 Å². The molecule has 0 spiro atoms. The molecule has 0 unspecified atom stereocenters. The van der Waals surface area contributed by atoms with Crippen molar-refractivity contribution in [2.24, 2.45) is 0 Å². The summed E-state index contributed by atoms with van der Waals surface area (Å²) in [6, 6.07) is 4.98. The molecule has 1 aromatic rings. The number of nitrogens with one attached hydrogen (secondary N) is 1. The zero-order valence-electron chi connectivity index (χ0n) is 5.37. The van der Waals surface area contributed by atoms with Crippen molar-refractivity contribution in [2.75, 3.05) is 0 Å². The second-order valence-corrected chi connectivity index (χ2v) is 3.10. The molecule has 11 heavy (non-hydrogen) atoms. The van der Waals surface area contributed by atoms with E-state index >= 15 is 0 Å². The molecule has 1 N–H and O–H groups in total. The number of benzene rings is 1. The topological polar surface area (TPSA) is 23.9 Å². The molecule has 0 fully saturated rings. The molecule has 0 atom stereocenters. The highest BCUT2D eigenvalue weighted by Crippen LogP contribution is 2.25. The van der Waals surface area contributed by atoms with Gasteiger partial charge in [-0.25, -0.2) is 0 Å². The minimum Gasteiger partial charge on any atom is -0.289 e. The van der Waals surface area contributed by atoms with Crippen LogP contribution in [0.4, 0.5) is 0 Å². The zero-order chi connectivity index (χ0) is 8.43. The number of hydrogen-bond acceptors (Lipinski definition) is 1. The smallest absolute Gasteiger partial charge is 0.131 e. The zero-order valence-corrected chi connectivity index (χ0v) is 7.63. The fraction of sp³-hybridized carbons (Fsp3) is 0. The van der Waals surface area contributed by atoms with Gasteiger partial charge in [-0.15, -0.1) is 0 Å². The summed E-state index contributed by atoms with van der Waals surface area (Å²) >= 11 is 16.9. The predicted molar refractivity (Wildman–Crippen MR) is 49.1 cm³/mol. The first-order valence-electron chi connectivity index (χ1n) is 2.81. The molecule has 0 saturated heterocycles. The van der Waals surface area contributed by atoms with E-state index in [9.17, 15) is 0 Å². The predicted octanol–water partition coefficient (Wildman–Crippen LogP) is 3.56. The van der Waals surface area contributed by atoms with Gasteiger partial charge in [0.2, 0.25) is 0 Å². The van der Waals surface area contributed by atoms with Crippen LogP contribution in [0.5, 0.6) is 0 Å². The van der Waals surface area contributed by atoms with Crippen molar-refractivity contribution < 1.29 is 0 Å². The van der Waals surface area contributed by atoms with Gasteiger partial charge in [-0.3, -0.25) is 5.41 Å². The molecule has 0 bridgehead atoms. The van der Waals surface area contributed by atoms with Crippen LogP contribution in [0.25, 0.3) is 0 Å². The average molecular weight is 208 g/mol.